The number of fused-ring (bicyclic) bond motifs is 1. The average Bonchev–Trinajstić information content (AvgIpc) is 2.87. The van der Waals surface area contributed by atoms with Crippen LogP contribution >= 0.6 is 0 Å². The second-order valence-corrected chi connectivity index (χ2v) is 11.3. The Morgan fingerprint density at radius 1 is 1.22 bits per heavy atom. The van der Waals surface area contributed by atoms with E-state index < -0.39 is 28.0 Å². The SMILES string of the molecule is CCCCC(c1cccc(NS(=O)(=O)c2ccc(C#N)cc2)c1)C1C(=O)OC2=CC=CCCCC2C1O. The zero-order chi connectivity index (χ0) is 26.4. The van der Waals surface area contributed by atoms with Crippen LogP contribution in [-0.4, -0.2) is 25.6 Å². The van der Waals surface area contributed by atoms with E-state index in [1.54, 1.807) is 24.3 Å². The summed E-state index contributed by atoms with van der Waals surface area (Å²) in [6, 6.07) is 14.7. The van der Waals surface area contributed by atoms with E-state index >= 15 is 0 Å². The summed E-state index contributed by atoms with van der Waals surface area (Å²) >= 11 is 0. The van der Waals surface area contributed by atoms with Gasteiger partial charge in [0.1, 0.15) is 5.76 Å². The number of carbonyl (C=O) groups is 1. The Morgan fingerprint density at radius 2 is 2.00 bits per heavy atom. The Balaban J connectivity index is 1.63. The van der Waals surface area contributed by atoms with Gasteiger partial charge in [0.15, 0.2) is 0 Å². The van der Waals surface area contributed by atoms with E-state index in [1.165, 1.54) is 24.3 Å². The lowest BCUT2D eigenvalue weighted by atomic mass is 9.73. The van der Waals surface area contributed by atoms with Gasteiger partial charge in [-0.15, -0.1) is 0 Å². The molecule has 2 N–H and O–H groups in total. The number of carbonyl (C=O) groups excluding carboxylic acids is 1. The maximum atomic E-state index is 13.2. The van der Waals surface area contributed by atoms with Gasteiger partial charge in [-0.1, -0.05) is 44.1 Å². The number of esters is 1. The Hall–Kier alpha value is -3.41. The summed E-state index contributed by atoms with van der Waals surface area (Å²) < 4.78 is 34.3. The number of allylic oxidation sites excluding steroid dienone is 3. The minimum absolute atomic E-state index is 0.0448. The van der Waals surface area contributed by atoms with Gasteiger partial charge in [0, 0.05) is 11.6 Å². The van der Waals surface area contributed by atoms with Crippen LogP contribution in [0.5, 0.6) is 0 Å². The first-order valence-electron chi connectivity index (χ1n) is 12.7. The molecule has 4 rings (SSSR count). The number of hydrogen-bond acceptors (Lipinski definition) is 6. The number of aliphatic hydroxyl groups excluding tert-OH is 1. The minimum atomic E-state index is -3.88. The van der Waals surface area contributed by atoms with E-state index in [-0.39, 0.29) is 16.7 Å². The molecule has 0 bridgehead atoms. The molecule has 2 aromatic carbocycles. The lowest BCUT2D eigenvalue weighted by molar-refractivity contribution is -0.160. The van der Waals surface area contributed by atoms with Crippen molar-refractivity contribution in [3.8, 4) is 6.07 Å². The summed E-state index contributed by atoms with van der Waals surface area (Å²) in [5.74, 6) is -1.27. The van der Waals surface area contributed by atoms with E-state index in [0.29, 0.717) is 23.4 Å². The number of sulfonamides is 1. The van der Waals surface area contributed by atoms with Crippen LogP contribution in [0.2, 0.25) is 0 Å². The van der Waals surface area contributed by atoms with Crippen molar-refractivity contribution in [1.82, 2.24) is 0 Å². The second-order valence-electron chi connectivity index (χ2n) is 9.59. The highest BCUT2D eigenvalue weighted by molar-refractivity contribution is 7.92. The normalized spacial score (nSPS) is 22.5. The van der Waals surface area contributed by atoms with Gasteiger partial charge < -0.3 is 9.84 Å². The summed E-state index contributed by atoms with van der Waals surface area (Å²) in [7, 11) is -3.88. The summed E-state index contributed by atoms with van der Waals surface area (Å²) in [6.07, 6.45) is 9.75. The Bertz CT molecular complexity index is 1320. The molecule has 1 heterocycles. The van der Waals surface area contributed by atoms with Gasteiger partial charge in [-0.3, -0.25) is 9.52 Å². The number of rotatable bonds is 8. The van der Waals surface area contributed by atoms with Crippen molar-refractivity contribution in [3.63, 3.8) is 0 Å². The van der Waals surface area contributed by atoms with Gasteiger partial charge in [0.25, 0.3) is 10.0 Å². The van der Waals surface area contributed by atoms with Crippen LogP contribution in [-0.2, 0) is 19.6 Å². The lowest BCUT2D eigenvalue weighted by Crippen LogP contribution is -2.45. The molecule has 4 atom stereocenters. The maximum Gasteiger partial charge on any atom is 0.317 e. The zero-order valence-corrected chi connectivity index (χ0v) is 21.7. The number of aliphatic hydroxyl groups is 1. The minimum Gasteiger partial charge on any atom is -0.430 e. The number of hydrogen-bond donors (Lipinski definition) is 2. The van der Waals surface area contributed by atoms with E-state index in [9.17, 15) is 18.3 Å². The topological polar surface area (TPSA) is 116 Å². The van der Waals surface area contributed by atoms with Gasteiger partial charge in [0.2, 0.25) is 0 Å². The predicted octanol–water partition coefficient (Wildman–Crippen LogP) is 5.41. The van der Waals surface area contributed by atoms with Gasteiger partial charge in [-0.25, -0.2) is 8.42 Å². The number of benzene rings is 2. The van der Waals surface area contributed by atoms with Crippen molar-refractivity contribution in [2.75, 3.05) is 4.72 Å². The maximum absolute atomic E-state index is 13.2. The number of nitrogens with one attached hydrogen (secondary N) is 1. The lowest BCUT2D eigenvalue weighted by Gasteiger charge is -2.39. The summed E-state index contributed by atoms with van der Waals surface area (Å²) in [5.41, 5.74) is 1.50. The molecule has 194 valence electrons. The molecule has 1 aliphatic heterocycles. The summed E-state index contributed by atoms with van der Waals surface area (Å²) in [6.45, 7) is 2.07. The molecule has 0 radical (unpaired) electrons. The standard InChI is InChI=1S/C29H32N2O5S/c1-2-3-11-24(27-28(32)25-12-6-4-5-7-13-26(25)36-29(27)33)21-9-8-10-22(18-21)31-37(34,35)23-16-14-20(19-30)15-17-23/h5,7-10,13-18,24-25,27-28,31-32H,2-4,6,11-12H2,1H3. The molecule has 7 nitrogen and oxygen atoms in total. The molecule has 0 amide bonds. The molecule has 4 unspecified atom stereocenters. The third-order valence-electron chi connectivity index (χ3n) is 7.08. The van der Waals surface area contributed by atoms with Crippen LogP contribution in [0, 0.1) is 23.2 Å². The fourth-order valence-corrected chi connectivity index (χ4v) is 6.19. The molecule has 1 aliphatic carbocycles. The Morgan fingerprint density at radius 3 is 2.73 bits per heavy atom. The molecule has 0 saturated carbocycles. The molecule has 1 fully saturated rings. The number of unbranched alkanes of at least 4 members (excludes halogenated alkanes) is 1. The highest BCUT2D eigenvalue weighted by Crippen LogP contribution is 2.43. The monoisotopic (exact) mass is 520 g/mol. The molecular formula is C29H32N2O5S. The van der Waals surface area contributed by atoms with E-state index in [2.05, 4.69) is 11.6 Å². The molecule has 2 aliphatic rings. The van der Waals surface area contributed by atoms with Crippen molar-refractivity contribution in [1.29, 1.82) is 5.26 Å². The third-order valence-corrected chi connectivity index (χ3v) is 8.48. The number of anilines is 1. The highest BCUT2D eigenvalue weighted by Gasteiger charge is 2.46. The van der Waals surface area contributed by atoms with Crippen molar-refractivity contribution >= 4 is 21.7 Å². The largest absolute Gasteiger partial charge is 0.430 e. The van der Waals surface area contributed by atoms with Gasteiger partial charge in [-0.05, 0) is 79.6 Å². The first-order valence-corrected chi connectivity index (χ1v) is 14.2. The highest BCUT2D eigenvalue weighted by atomic mass is 32.2. The fraction of sp³-hybridized carbons (Fsp3) is 0.379. The van der Waals surface area contributed by atoms with Gasteiger partial charge in [0.05, 0.1) is 28.6 Å². The van der Waals surface area contributed by atoms with Crippen LogP contribution in [0.25, 0.3) is 0 Å². The molecule has 1 saturated heterocycles. The molecule has 0 spiro atoms. The van der Waals surface area contributed by atoms with Crippen LogP contribution in [0.4, 0.5) is 5.69 Å². The fourth-order valence-electron chi connectivity index (χ4n) is 5.14. The van der Waals surface area contributed by atoms with Crippen molar-refractivity contribution in [2.45, 2.75) is 62.4 Å². The molecule has 8 heteroatoms. The van der Waals surface area contributed by atoms with Crippen LogP contribution in [0.3, 0.4) is 0 Å². The number of nitriles is 1. The summed E-state index contributed by atoms with van der Waals surface area (Å²) in [4.78, 5) is 13.2. The van der Waals surface area contributed by atoms with Crippen molar-refractivity contribution < 1.29 is 23.1 Å². The second kappa shape index (κ2) is 11.8. The first-order chi connectivity index (χ1) is 17.8. The smallest absolute Gasteiger partial charge is 0.317 e. The Kier molecular flexibility index (Phi) is 8.47. The van der Waals surface area contributed by atoms with Crippen LogP contribution in [0.15, 0.2) is 77.4 Å². The first kappa shape index (κ1) is 26.6. The molecule has 0 aromatic heterocycles. The number of ether oxygens (including phenoxy) is 1. The van der Waals surface area contributed by atoms with Crippen LogP contribution in [0.1, 0.15) is 62.5 Å². The van der Waals surface area contributed by atoms with Crippen molar-refractivity contribution in [3.05, 3.63) is 83.6 Å². The van der Waals surface area contributed by atoms with E-state index in [0.717, 1.165) is 37.7 Å². The molecule has 2 aromatic rings. The van der Waals surface area contributed by atoms with Gasteiger partial charge >= 0.3 is 5.97 Å². The third kappa shape index (κ3) is 6.12. The number of nitrogens with zero attached hydrogens (tertiary/aromatic N) is 1. The predicted molar refractivity (Wildman–Crippen MR) is 141 cm³/mol. The molecular weight excluding hydrogens is 488 g/mol. The van der Waals surface area contributed by atoms with Crippen LogP contribution < -0.4 is 4.72 Å². The van der Waals surface area contributed by atoms with E-state index in [4.69, 9.17) is 10.00 Å². The summed E-state index contributed by atoms with van der Waals surface area (Å²) in [5, 5.41) is 20.4. The average molecular weight is 521 g/mol. The van der Waals surface area contributed by atoms with Crippen molar-refractivity contribution in [2.24, 2.45) is 11.8 Å². The molecule has 37 heavy (non-hydrogen) atoms. The zero-order valence-electron chi connectivity index (χ0n) is 20.8. The van der Waals surface area contributed by atoms with E-state index in [1.807, 2.05) is 24.3 Å². The quantitative estimate of drug-likeness (QED) is 0.450. The Labute approximate surface area is 218 Å². The van der Waals surface area contributed by atoms with Gasteiger partial charge in [-0.2, -0.15) is 5.26 Å².